The molecule has 0 amide bonds. The molecule has 3 aromatic carbocycles. The Hall–Kier alpha value is -3.27. The van der Waals surface area contributed by atoms with Crippen LogP contribution in [-0.4, -0.2) is 16.2 Å². The molecule has 0 saturated carbocycles. The predicted molar refractivity (Wildman–Crippen MR) is 91.3 cm³/mol. The van der Waals surface area contributed by atoms with Crippen molar-refractivity contribution < 1.29 is 19.7 Å². The van der Waals surface area contributed by atoms with Crippen LogP contribution in [0.15, 0.2) is 72.8 Å². The smallest absolute Gasteiger partial charge is 0.339 e. The Labute approximate surface area is 139 Å². The molecule has 0 unspecified atom stereocenters. The molecule has 120 valence electrons. The van der Waals surface area contributed by atoms with Crippen molar-refractivity contribution in [1.29, 1.82) is 0 Å². The molecule has 3 aromatic rings. The third-order valence-electron chi connectivity index (χ3n) is 3.67. The summed E-state index contributed by atoms with van der Waals surface area (Å²) in [6, 6.07) is 22.3. The number of phenols is 1. The van der Waals surface area contributed by atoms with Crippen LogP contribution in [0.1, 0.15) is 15.9 Å². The van der Waals surface area contributed by atoms with Crippen molar-refractivity contribution in [3.63, 3.8) is 0 Å². The number of ether oxygens (including phenoxy) is 1. The lowest BCUT2D eigenvalue weighted by Gasteiger charge is -2.09. The summed E-state index contributed by atoms with van der Waals surface area (Å²) in [5, 5.41) is 18.5. The molecule has 0 spiro atoms. The number of hydrogen-bond donors (Lipinski definition) is 2. The Kier molecular flexibility index (Phi) is 4.47. The van der Waals surface area contributed by atoms with Gasteiger partial charge in [0.15, 0.2) is 0 Å². The van der Waals surface area contributed by atoms with Gasteiger partial charge in [-0.3, -0.25) is 0 Å². The van der Waals surface area contributed by atoms with Crippen LogP contribution in [0.4, 0.5) is 0 Å². The molecule has 0 aliphatic rings. The zero-order chi connectivity index (χ0) is 16.9. The number of benzene rings is 3. The number of rotatable bonds is 5. The van der Waals surface area contributed by atoms with Crippen LogP contribution in [-0.2, 0) is 6.61 Å². The number of carboxylic acid groups (broad SMARTS) is 1. The van der Waals surface area contributed by atoms with E-state index in [-0.39, 0.29) is 11.3 Å². The minimum absolute atomic E-state index is 0.144. The van der Waals surface area contributed by atoms with Crippen LogP contribution in [0.2, 0.25) is 0 Å². The highest BCUT2D eigenvalue weighted by Gasteiger charge is 2.10. The van der Waals surface area contributed by atoms with Gasteiger partial charge in [0.2, 0.25) is 0 Å². The van der Waals surface area contributed by atoms with E-state index in [0.717, 1.165) is 16.7 Å². The Morgan fingerprint density at radius 2 is 1.54 bits per heavy atom. The lowest BCUT2D eigenvalue weighted by atomic mass is 10.0. The third-order valence-corrected chi connectivity index (χ3v) is 3.67. The van der Waals surface area contributed by atoms with Gasteiger partial charge in [-0.15, -0.1) is 0 Å². The highest BCUT2D eigenvalue weighted by Crippen LogP contribution is 2.25. The molecule has 0 atom stereocenters. The van der Waals surface area contributed by atoms with Gasteiger partial charge in [-0.05, 0) is 28.8 Å². The minimum Gasteiger partial charge on any atom is -0.507 e. The molecular weight excluding hydrogens is 304 g/mol. The van der Waals surface area contributed by atoms with E-state index in [1.807, 2.05) is 42.5 Å². The van der Waals surface area contributed by atoms with Gasteiger partial charge in [0.05, 0.1) is 0 Å². The maximum atomic E-state index is 10.9. The van der Waals surface area contributed by atoms with Gasteiger partial charge in [0.25, 0.3) is 0 Å². The van der Waals surface area contributed by atoms with Gasteiger partial charge in [-0.1, -0.05) is 54.6 Å². The van der Waals surface area contributed by atoms with Crippen LogP contribution < -0.4 is 4.74 Å². The van der Waals surface area contributed by atoms with Crippen LogP contribution in [0, 0.1) is 0 Å². The predicted octanol–water partition coefficient (Wildman–Crippen LogP) is 4.34. The van der Waals surface area contributed by atoms with E-state index in [0.29, 0.717) is 12.4 Å². The van der Waals surface area contributed by atoms with Crippen LogP contribution in [0.5, 0.6) is 11.5 Å². The number of aromatic hydroxyl groups is 1. The maximum Gasteiger partial charge on any atom is 0.339 e. The quantitative estimate of drug-likeness (QED) is 0.734. The average molecular weight is 320 g/mol. The Morgan fingerprint density at radius 3 is 2.17 bits per heavy atom. The molecule has 3 rings (SSSR count). The maximum absolute atomic E-state index is 10.9. The number of carboxylic acids is 1. The standard InChI is InChI=1S/C20H16O4/c21-19-12-17(10-11-18(19)20(22)23)24-13-14-6-8-16(9-7-14)15-4-2-1-3-5-15/h1-12,21H,13H2,(H,22,23). The summed E-state index contributed by atoms with van der Waals surface area (Å²) in [7, 11) is 0. The summed E-state index contributed by atoms with van der Waals surface area (Å²) in [4.78, 5) is 10.9. The molecular formula is C20H16O4. The molecule has 4 nitrogen and oxygen atoms in total. The Bertz CT molecular complexity index is 839. The van der Waals surface area contributed by atoms with E-state index in [2.05, 4.69) is 12.1 Å². The fraction of sp³-hybridized carbons (Fsp3) is 0.0500. The second kappa shape index (κ2) is 6.87. The highest BCUT2D eigenvalue weighted by atomic mass is 16.5. The van der Waals surface area contributed by atoms with Crippen molar-refractivity contribution in [3.8, 4) is 22.6 Å². The van der Waals surface area contributed by atoms with Gasteiger partial charge in [-0.25, -0.2) is 4.79 Å². The minimum atomic E-state index is -1.17. The monoisotopic (exact) mass is 320 g/mol. The van der Waals surface area contributed by atoms with E-state index in [9.17, 15) is 9.90 Å². The van der Waals surface area contributed by atoms with Crippen LogP contribution >= 0.6 is 0 Å². The van der Waals surface area contributed by atoms with Crippen LogP contribution in [0.25, 0.3) is 11.1 Å². The molecule has 0 aliphatic carbocycles. The lowest BCUT2D eigenvalue weighted by Crippen LogP contribution is -1.99. The number of aromatic carboxylic acids is 1. The second-order valence-electron chi connectivity index (χ2n) is 5.34. The molecule has 0 aromatic heterocycles. The summed E-state index contributed by atoms with van der Waals surface area (Å²) in [6.45, 7) is 0.334. The molecule has 2 N–H and O–H groups in total. The van der Waals surface area contributed by atoms with Crippen molar-refractivity contribution in [2.75, 3.05) is 0 Å². The fourth-order valence-corrected chi connectivity index (χ4v) is 2.37. The topological polar surface area (TPSA) is 66.8 Å². The summed E-state index contributed by atoms with van der Waals surface area (Å²) >= 11 is 0. The second-order valence-corrected chi connectivity index (χ2v) is 5.34. The van der Waals surface area contributed by atoms with Crippen molar-refractivity contribution in [2.24, 2.45) is 0 Å². The van der Waals surface area contributed by atoms with E-state index < -0.39 is 5.97 Å². The van der Waals surface area contributed by atoms with Crippen molar-refractivity contribution in [3.05, 3.63) is 83.9 Å². The van der Waals surface area contributed by atoms with Crippen LogP contribution in [0.3, 0.4) is 0 Å². The molecule has 0 heterocycles. The largest absolute Gasteiger partial charge is 0.507 e. The summed E-state index contributed by atoms with van der Waals surface area (Å²) < 4.78 is 5.60. The van der Waals surface area contributed by atoms with Crippen molar-refractivity contribution in [2.45, 2.75) is 6.61 Å². The Morgan fingerprint density at radius 1 is 0.875 bits per heavy atom. The molecule has 0 fully saturated rings. The van der Waals surface area contributed by atoms with E-state index in [1.165, 1.54) is 18.2 Å². The van der Waals surface area contributed by atoms with Gasteiger partial charge in [0, 0.05) is 6.07 Å². The molecule has 0 bridgehead atoms. The van der Waals surface area contributed by atoms with Gasteiger partial charge in [0.1, 0.15) is 23.7 Å². The van der Waals surface area contributed by atoms with E-state index in [4.69, 9.17) is 9.84 Å². The van der Waals surface area contributed by atoms with E-state index in [1.54, 1.807) is 0 Å². The summed E-state index contributed by atoms with van der Waals surface area (Å²) in [5.41, 5.74) is 3.12. The third kappa shape index (κ3) is 3.55. The number of carbonyl (C=O) groups is 1. The Balaban J connectivity index is 1.67. The van der Waals surface area contributed by atoms with Crippen molar-refractivity contribution >= 4 is 5.97 Å². The number of hydrogen-bond acceptors (Lipinski definition) is 3. The first-order valence-electron chi connectivity index (χ1n) is 7.47. The fourth-order valence-electron chi connectivity index (χ4n) is 2.37. The first kappa shape index (κ1) is 15.6. The van der Waals surface area contributed by atoms with Gasteiger partial charge in [-0.2, -0.15) is 0 Å². The summed E-state index contributed by atoms with van der Waals surface area (Å²) in [5.74, 6) is -1.06. The molecule has 4 heteroatoms. The zero-order valence-corrected chi connectivity index (χ0v) is 12.8. The first-order valence-corrected chi connectivity index (χ1v) is 7.47. The highest BCUT2D eigenvalue weighted by molar-refractivity contribution is 5.90. The lowest BCUT2D eigenvalue weighted by molar-refractivity contribution is 0.0693. The summed E-state index contributed by atoms with van der Waals surface area (Å²) in [6.07, 6.45) is 0. The SMILES string of the molecule is O=C(O)c1ccc(OCc2ccc(-c3ccccc3)cc2)cc1O. The van der Waals surface area contributed by atoms with Gasteiger partial charge >= 0.3 is 5.97 Å². The zero-order valence-electron chi connectivity index (χ0n) is 12.8. The average Bonchev–Trinajstić information content (AvgIpc) is 2.61. The molecule has 0 radical (unpaired) electrons. The first-order chi connectivity index (χ1) is 11.6. The molecule has 24 heavy (non-hydrogen) atoms. The van der Waals surface area contributed by atoms with Crippen molar-refractivity contribution in [1.82, 2.24) is 0 Å². The van der Waals surface area contributed by atoms with E-state index >= 15 is 0 Å². The van der Waals surface area contributed by atoms with Gasteiger partial charge < -0.3 is 14.9 Å². The molecule has 0 aliphatic heterocycles. The molecule has 0 saturated heterocycles. The normalized spacial score (nSPS) is 10.3.